The lowest BCUT2D eigenvalue weighted by molar-refractivity contribution is -0.199. The van der Waals surface area contributed by atoms with Gasteiger partial charge in [0, 0.05) is 6.20 Å². The molecule has 4 rings (SSSR count). The van der Waals surface area contributed by atoms with E-state index in [-0.39, 0.29) is 29.6 Å². The Balaban J connectivity index is 1.62. The number of nitrogens with zero attached hydrogens (tertiary/aromatic N) is 3. The smallest absolute Gasteiger partial charge is 0.192 e. The highest BCUT2D eigenvalue weighted by atomic mass is 28.4. The van der Waals surface area contributed by atoms with Gasteiger partial charge < -0.3 is 28.9 Å². The van der Waals surface area contributed by atoms with E-state index in [9.17, 15) is 0 Å². The minimum Gasteiger partial charge on any atom is -0.414 e. The third-order valence-electron chi connectivity index (χ3n) is 6.35. The molecule has 0 spiro atoms. The molecule has 2 aromatic rings. The van der Waals surface area contributed by atoms with Crippen LogP contribution < -0.4 is 5.73 Å². The van der Waals surface area contributed by atoms with Crippen molar-refractivity contribution in [1.82, 2.24) is 14.5 Å². The molecule has 4 atom stereocenters. The number of anilines is 1. The normalized spacial score (nSPS) is 29.5. The van der Waals surface area contributed by atoms with Gasteiger partial charge in [-0.25, -0.2) is 9.97 Å². The van der Waals surface area contributed by atoms with Crippen molar-refractivity contribution in [1.29, 1.82) is 0 Å². The summed E-state index contributed by atoms with van der Waals surface area (Å²) in [6, 6.07) is 1.91. The minimum atomic E-state index is -1.91. The van der Waals surface area contributed by atoms with Crippen LogP contribution in [0.25, 0.3) is 11.0 Å². The molecule has 29 heavy (non-hydrogen) atoms. The first-order valence-electron chi connectivity index (χ1n) is 10.1. The van der Waals surface area contributed by atoms with Gasteiger partial charge in [-0.2, -0.15) is 0 Å². The van der Waals surface area contributed by atoms with Crippen LogP contribution in [-0.4, -0.2) is 53.6 Å². The molecule has 0 aliphatic carbocycles. The highest BCUT2D eigenvalue weighted by Gasteiger charge is 2.56. The first-order valence-corrected chi connectivity index (χ1v) is 13.0. The molecular formula is C20H32N4O4Si. The molecule has 160 valence electrons. The average molecular weight is 421 g/mol. The molecule has 2 fully saturated rings. The highest BCUT2D eigenvalue weighted by Crippen LogP contribution is 2.45. The Morgan fingerprint density at radius 2 is 1.90 bits per heavy atom. The SMILES string of the molecule is CC1(C)O[C@@H]2[C@H](O1)[C@@H](CO[Si](C)(C)C(C)(C)C)O[C@H]2n1ccc2c(N)ncnc21. The zero-order chi connectivity index (χ0) is 21.2. The quantitative estimate of drug-likeness (QED) is 0.757. The topological polar surface area (TPSA) is 93.7 Å². The van der Waals surface area contributed by atoms with Crippen molar-refractivity contribution in [2.45, 2.75) is 83.1 Å². The summed E-state index contributed by atoms with van der Waals surface area (Å²) in [5.41, 5.74) is 6.73. The predicted molar refractivity (Wildman–Crippen MR) is 113 cm³/mol. The van der Waals surface area contributed by atoms with E-state index in [1.54, 1.807) is 0 Å². The van der Waals surface area contributed by atoms with Gasteiger partial charge in [0.2, 0.25) is 0 Å². The van der Waals surface area contributed by atoms with Gasteiger partial charge in [-0.3, -0.25) is 0 Å². The molecular weight excluding hydrogens is 388 g/mol. The third-order valence-corrected chi connectivity index (χ3v) is 10.9. The van der Waals surface area contributed by atoms with Crippen LogP contribution in [0.4, 0.5) is 5.82 Å². The second-order valence-corrected chi connectivity index (χ2v) is 14.7. The molecule has 0 amide bonds. The van der Waals surface area contributed by atoms with E-state index >= 15 is 0 Å². The van der Waals surface area contributed by atoms with Crippen molar-refractivity contribution in [2.24, 2.45) is 0 Å². The van der Waals surface area contributed by atoms with Gasteiger partial charge >= 0.3 is 0 Å². The van der Waals surface area contributed by atoms with Crippen molar-refractivity contribution < 1.29 is 18.6 Å². The molecule has 2 aliphatic heterocycles. The van der Waals surface area contributed by atoms with Crippen LogP contribution >= 0.6 is 0 Å². The maximum atomic E-state index is 6.45. The van der Waals surface area contributed by atoms with Crippen LogP contribution in [0.1, 0.15) is 40.8 Å². The second kappa shape index (κ2) is 6.74. The van der Waals surface area contributed by atoms with Crippen molar-refractivity contribution in [2.75, 3.05) is 12.3 Å². The van der Waals surface area contributed by atoms with Crippen molar-refractivity contribution >= 4 is 25.2 Å². The minimum absolute atomic E-state index is 0.127. The first kappa shape index (κ1) is 20.7. The van der Waals surface area contributed by atoms with Crippen LogP contribution in [0.5, 0.6) is 0 Å². The van der Waals surface area contributed by atoms with Gasteiger partial charge in [0.1, 0.15) is 36.1 Å². The van der Waals surface area contributed by atoms with E-state index in [0.29, 0.717) is 12.4 Å². The maximum Gasteiger partial charge on any atom is 0.192 e. The standard InChI is InChI=1S/C20H32N4O4Si/c1-19(2,3)29(6,7)25-10-13-14-15(28-20(4,5)27-14)18(26-13)24-9-8-12-16(21)22-11-23-17(12)24/h8-9,11,13-15,18H,10H2,1-7H3,(H2,21,22,23)/t13-,14-,15-,18-/m1/s1. The van der Waals surface area contributed by atoms with Gasteiger partial charge in [0.25, 0.3) is 0 Å². The fraction of sp³-hybridized carbons (Fsp3) is 0.700. The van der Waals surface area contributed by atoms with E-state index in [0.717, 1.165) is 11.0 Å². The molecule has 0 aromatic carbocycles. The molecule has 0 bridgehead atoms. The van der Waals surface area contributed by atoms with Gasteiger partial charge in [-0.1, -0.05) is 20.8 Å². The second-order valence-electron chi connectivity index (χ2n) is 9.92. The zero-order valence-corrected chi connectivity index (χ0v) is 19.3. The number of ether oxygens (including phenoxy) is 3. The first-order chi connectivity index (χ1) is 13.4. The summed E-state index contributed by atoms with van der Waals surface area (Å²) in [6.45, 7) is 15.5. The van der Waals surface area contributed by atoms with Gasteiger partial charge in [-0.15, -0.1) is 0 Å². The molecule has 2 aliphatic rings. The number of hydrogen-bond acceptors (Lipinski definition) is 7. The Kier molecular flexibility index (Phi) is 4.82. The molecule has 0 radical (unpaired) electrons. The van der Waals surface area contributed by atoms with Crippen LogP contribution in [0.2, 0.25) is 18.1 Å². The van der Waals surface area contributed by atoms with E-state index < -0.39 is 14.1 Å². The van der Waals surface area contributed by atoms with Crippen LogP contribution in [-0.2, 0) is 18.6 Å². The lowest BCUT2D eigenvalue weighted by Crippen LogP contribution is -2.44. The highest BCUT2D eigenvalue weighted by molar-refractivity contribution is 6.74. The zero-order valence-electron chi connectivity index (χ0n) is 18.3. The number of fused-ring (bicyclic) bond motifs is 2. The Morgan fingerprint density at radius 3 is 2.59 bits per heavy atom. The lowest BCUT2D eigenvalue weighted by atomic mass is 10.1. The van der Waals surface area contributed by atoms with Gasteiger partial charge in [0.05, 0.1) is 12.0 Å². The van der Waals surface area contributed by atoms with E-state index in [2.05, 4.69) is 43.8 Å². The number of hydrogen-bond donors (Lipinski definition) is 1. The Morgan fingerprint density at radius 1 is 1.21 bits per heavy atom. The number of rotatable bonds is 4. The van der Waals surface area contributed by atoms with Crippen molar-refractivity contribution in [3.05, 3.63) is 18.6 Å². The summed E-state index contributed by atoms with van der Waals surface area (Å²) in [5, 5.41) is 0.925. The average Bonchev–Trinajstić information content (AvgIpc) is 3.24. The number of nitrogen functional groups attached to an aromatic ring is 1. The summed E-state index contributed by atoms with van der Waals surface area (Å²) in [5.74, 6) is -0.228. The van der Waals surface area contributed by atoms with Crippen molar-refractivity contribution in [3.8, 4) is 0 Å². The fourth-order valence-electron chi connectivity index (χ4n) is 3.72. The molecule has 2 aromatic heterocycles. The molecule has 2 N–H and O–H groups in total. The Labute approximate surface area is 172 Å². The van der Waals surface area contributed by atoms with Crippen LogP contribution in [0, 0.1) is 0 Å². The summed E-state index contributed by atoms with van der Waals surface area (Å²) in [4.78, 5) is 8.48. The summed E-state index contributed by atoms with van der Waals surface area (Å²) in [7, 11) is -1.91. The molecule has 0 unspecified atom stereocenters. The van der Waals surface area contributed by atoms with Crippen LogP contribution in [0.3, 0.4) is 0 Å². The largest absolute Gasteiger partial charge is 0.414 e. The monoisotopic (exact) mass is 420 g/mol. The Bertz CT molecular complexity index is 908. The van der Waals surface area contributed by atoms with Crippen LogP contribution in [0.15, 0.2) is 18.6 Å². The van der Waals surface area contributed by atoms with E-state index in [1.165, 1.54) is 6.33 Å². The number of aromatic nitrogens is 3. The fourth-order valence-corrected chi connectivity index (χ4v) is 4.73. The molecule has 9 heteroatoms. The third kappa shape index (κ3) is 3.59. The van der Waals surface area contributed by atoms with E-state index in [1.807, 2.05) is 30.7 Å². The van der Waals surface area contributed by atoms with Crippen molar-refractivity contribution in [3.63, 3.8) is 0 Å². The summed E-state index contributed by atoms with van der Waals surface area (Å²) in [6.07, 6.45) is 2.32. The summed E-state index contributed by atoms with van der Waals surface area (Å²) >= 11 is 0. The van der Waals surface area contributed by atoms with Gasteiger partial charge in [-0.05, 0) is 38.0 Å². The molecule has 0 saturated carbocycles. The van der Waals surface area contributed by atoms with Gasteiger partial charge in [0.15, 0.2) is 20.3 Å². The number of nitrogens with two attached hydrogens (primary N) is 1. The predicted octanol–water partition coefficient (Wildman–Crippen LogP) is 3.45. The molecule has 2 saturated heterocycles. The maximum absolute atomic E-state index is 6.45. The van der Waals surface area contributed by atoms with E-state index in [4.69, 9.17) is 24.4 Å². The molecule has 4 heterocycles. The lowest BCUT2D eigenvalue weighted by Gasteiger charge is -2.37. The Hall–Kier alpha value is -1.52. The summed E-state index contributed by atoms with van der Waals surface area (Å²) < 4.78 is 27.3. The molecule has 8 nitrogen and oxygen atoms in total.